The predicted octanol–water partition coefficient (Wildman–Crippen LogP) is 5.34. The van der Waals surface area contributed by atoms with Crippen LogP contribution in [0.15, 0.2) is 48.5 Å². The number of likely N-dealkylation sites (N-methyl/N-ethyl adjacent to an activating group) is 1. The van der Waals surface area contributed by atoms with E-state index < -0.39 is 6.09 Å². The van der Waals surface area contributed by atoms with Gasteiger partial charge in [-0.1, -0.05) is 37.6 Å². The number of carbonyl (C=O) groups is 1. The van der Waals surface area contributed by atoms with Gasteiger partial charge in [0.25, 0.3) is 6.26 Å². The van der Waals surface area contributed by atoms with E-state index in [4.69, 9.17) is 14.7 Å². The van der Waals surface area contributed by atoms with Crippen LogP contribution in [0.25, 0.3) is 0 Å². The molecule has 0 radical (unpaired) electrons. The molecule has 166 valence electrons. The minimum atomic E-state index is -0.415. The summed E-state index contributed by atoms with van der Waals surface area (Å²) in [6, 6.07) is 15.1. The largest absolute Gasteiger partial charge is 0.443 e. The second kappa shape index (κ2) is 12.6. The van der Waals surface area contributed by atoms with Crippen LogP contribution >= 0.6 is 0 Å². The lowest BCUT2D eigenvalue weighted by atomic mass is 10.0. The highest BCUT2D eigenvalue weighted by Gasteiger charge is 2.22. The summed E-state index contributed by atoms with van der Waals surface area (Å²) >= 11 is 0. The first-order valence-electron chi connectivity index (χ1n) is 11.1. The summed E-state index contributed by atoms with van der Waals surface area (Å²) in [5.74, 6) is 0.531. The van der Waals surface area contributed by atoms with Crippen LogP contribution in [-0.4, -0.2) is 43.4 Å². The standard InChI is InChI=1S/C25H33N3O3/c1-4-7-16-28(5-2,6-3)17-18-30-25(29)27-23-12-8-21(9-13-23)19-22-10-14-24(15-11-22)31-20-26/h8-15H,4-7,16-19H2,1-3H3/p+1. The third kappa shape index (κ3) is 7.95. The number of nitriles is 1. The minimum absolute atomic E-state index is 0.415. The Morgan fingerprint density at radius 3 is 2.13 bits per heavy atom. The molecule has 0 unspecified atom stereocenters. The Labute approximate surface area is 186 Å². The van der Waals surface area contributed by atoms with Crippen molar-refractivity contribution in [2.24, 2.45) is 0 Å². The maximum atomic E-state index is 12.2. The van der Waals surface area contributed by atoms with Crippen molar-refractivity contribution < 1.29 is 18.8 Å². The summed E-state index contributed by atoms with van der Waals surface area (Å²) < 4.78 is 11.2. The van der Waals surface area contributed by atoms with E-state index in [0.717, 1.165) is 48.2 Å². The van der Waals surface area contributed by atoms with E-state index in [1.165, 1.54) is 12.8 Å². The first kappa shape index (κ1) is 24.2. The molecule has 0 heterocycles. The second-order valence-electron chi connectivity index (χ2n) is 7.75. The molecule has 6 nitrogen and oxygen atoms in total. The van der Waals surface area contributed by atoms with Crippen LogP contribution in [0.1, 0.15) is 44.7 Å². The van der Waals surface area contributed by atoms with Crippen LogP contribution in [0, 0.1) is 11.5 Å². The van der Waals surface area contributed by atoms with Gasteiger partial charge in [0.1, 0.15) is 18.9 Å². The molecule has 0 aliphatic carbocycles. The van der Waals surface area contributed by atoms with E-state index >= 15 is 0 Å². The monoisotopic (exact) mass is 424 g/mol. The molecule has 0 aliphatic rings. The lowest BCUT2D eigenvalue weighted by molar-refractivity contribution is -0.925. The van der Waals surface area contributed by atoms with Crippen LogP contribution in [0.2, 0.25) is 0 Å². The number of rotatable bonds is 12. The van der Waals surface area contributed by atoms with Gasteiger partial charge in [-0.2, -0.15) is 0 Å². The van der Waals surface area contributed by atoms with Crippen LogP contribution in [0.5, 0.6) is 5.75 Å². The van der Waals surface area contributed by atoms with Crippen molar-refractivity contribution in [2.45, 2.75) is 40.0 Å². The molecule has 0 atom stereocenters. The lowest BCUT2D eigenvalue weighted by Gasteiger charge is -2.36. The zero-order valence-corrected chi connectivity index (χ0v) is 18.9. The van der Waals surface area contributed by atoms with Gasteiger partial charge in [0.15, 0.2) is 0 Å². The molecule has 0 aromatic heterocycles. The number of nitrogens with zero attached hydrogens (tertiary/aromatic N) is 2. The Balaban J connectivity index is 1.81. The number of amides is 1. The van der Waals surface area contributed by atoms with Crippen molar-refractivity contribution >= 4 is 11.8 Å². The van der Waals surface area contributed by atoms with Gasteiger partial charge in [-0.3, -0.25) is 5.32 Å². The van der Waals surface area contributed by atoms with E-state index in [0.29, 0.717) is 18.0 Å². The quantitative estimate of drug-likeness (QED) is 0.369. The highest BCUT2D eigenvalue weighted by atomic mass is 16.5. The summed E-state index contributed by atoms with van der Waals surface area (Å²) in [6.45, 7) is 11.1. The lowest BCUT2D eigenvalue weighted by Crippen LogP contribution is -2.50. The Hall–Kier alpha value is -3.04. The first-order valence-corrected chi connectivity index (χ1v) is 11.1. The molecule has 6 heteroatoms. The van der Waals surface area contributed by atoms with Gasteiger partial charge in [0.05, 0.1) is 19.6 Å². The molecule has 0 saturated carbocycles. The number of carbonyl (C=O) groups excluding carboxylic acids is 1. The highest BCUT2D eigenvalue weighted by Crippen LogP contribution is 2.17. The Kier molecular flexibility index (Phi) is 9.86. The van der Waals surface area contributed by atoms with Crippen molar-refractivity contribution in [1.29, 1.82) is 5.26 Å². The first-order chi connectivity index (χ1) is 15.0. The topological polar surface area (TPSA) is 71.3 Å². The fourth-order valence-corrected chi connectivity index (χ4v) is 3.62. The SMILES string of the molecule is CCCC[N+](CC)(CC)CCOC(=O)Nc1ccc(Cc2ccc(OC#N)cc2)cc1. The fraction of sp³-hybridized carbons (Fsp3) is 0.440. The summed E-state index contributed by atoms with van der Waals surface area (Å²) in [5.41, 5.74) is 2.95. The minimum Gasteiger partial charge on any atom is -0.443 e. The van der Waals surface area contributed by atoms with E-state index in [2.05, 4.69) is 26.1 Å². The summed E-state index contributed by atoms with van der Waals surface area (Å²) in [4.78, 5) is 12.2. The van der Waals surface area contributed by atoms with Crippen LogP contribution < -0.4 is 10.1 Å². The molecule has 1 N–H and O–H groups in total. The van der Waals surface area contributed by atoms with E-state index in [1.807, 2.05) is 36.4 Å². The van der Waals surface area contributed by atoms with E-state index in [1.54, 1.807) is 18.4 Å². The van der Waals surface area contributed by atoms with Gasteiger partial charge in [0, 0.05) is 5.69 Å². The molecular weight excluding hydrogens is 390 g/mol. The molecule has 2 aromatic carbocycles. The maximum absolute atomic E-state index is 12.2. The van der Waals surface area contributed by atoms with Crippen LogP contribution in [0.3, 0.4) is 0 Å². The normalized spacial score (nSPS) is 10.9. The average molecular weight is 425 g/mol. The molecular formula is C25H34N3O3+. The van der Waals surface area contributed by atoms with Crippen LogP contribution in [-0.2, 0) is 11.2 Å². The molecule has 2 aromatic rings. The number of anilines is 1. The molecule has 0 saturated heterocycles. The number of ether oxygens (including phenoxy) is 2. The zero-order valence-electron chi connectivity index (χ0n) is 18.9. The fourth-order valence-electron chi connectivity index (χ4n) is 3.62. The highest BCUT2D eigenvalue weighted by molar-refractivity contribution is 5.84. The van der Waals surface area contributed by atoms with E-state index in [-0.39, 0.29) is 0 Å². The van der Waals surface area contributed by atoms with Gasteiger partial charge in [0.2, 0.25) is 0 Å². The molecule has 0 aliphatic heterocycles. The van der Waals surface area contributed by atoms with Crippen molar-refractivity contribution in [3.05, 3.63) is 59.7 Å². The van der Waals surface area contributed by atoms with Gasteiger partial charge >= 0.3 is 6.09 Å². The van der Waals surface area contributed by atoms with Crippen molar-refractivity contribution in [2.75, 3.05) is 38.1 Å². The van der Waals surface area contributed by atoms with E-state index in [9.17, 15) is 4.79 Å². The molecule has 31 heavy (non-hydrogen) atoms. The Morgan fingerprint density at radius 1 is 0.968 bits per heavy atom. The van der Waals surface area contributed by atoms with Crippen molar-refractivity contribution in [1.82, 2.24) is 0 Å². The summed E-state index contributed by atoms with van der Waals surface area (Å²) in [5, 5.41) is 11.3. The number of hydrogen-bond acceptors (Lipinski definition) is 4. The van der Waals surface area contributed by atoms with Gasteiger partial charge < -0.3 is 14.0 Å². The number of quaternary nitrogens is 1. The van der Waals surface area contributed by atoms with Gasteiger partial charge in [-0.25, -0.2) is 4.79 Å². The van der Waals surface area contributed by atoms with Crippen molar-refractivity contribution in [3.63, 3.8) is 0 Å². The average Bonchev–Trinajstić information content (AvgIpc) is 2.79. The third-order valence-corrected chi connectivity index (χ3v) is 5.82. The van der Waals surface area contributed by atoms with Gasteiger partial charge in [-0.05, 0) is 62.1 Å². The number of nitrogens with one attached hydrogen (secondary N) is 1. The third-order valence-electron chi connectivity index (χ3n) is 5.82. The Bertz CT molecular complexity index is 838. The predicted molar refractivity (Wildman–Crippen MR) is 123 cm³/mol. The summed E-state index contributed by atoms with van der Waals surface area (Å²) in [6.07, 6.45) is 4.37. The molecule has 0 fully saturated rings. The number of unbranched alkanes of at least 4 members (excludes halogenated alkanes) is 1. The molecule has 0 bridgehead atoms. The Morgan fingerprint density at radius 2 is 1.58 bits per heavy atom. The number of hydrogen-bond donors (Lipinski definition) is 1. The second-order valence-corrected chi connectivity index (χ2v) is 7.75. The molecule has 1 amide bonds. The van der Waals surface area contributed by atoms with Crippen LogP contribution in [0.4, 0.5) is 10.5 Å². The summed E-state index contributed by atoms with van der Waals surface area (Å²) in [7, 11) is 0. The van der Waals surface area contributed by atoms with Gasteiger partial charge in [-0.15, -0.1) is 5.26 Å². The molecule has 0 spiro atoms. The zero-order chi connectivity index (χ0) is 22.5. The maximum Gasteiger partial charge on any atom is 0.411 e. The number of benzene rings is 2. The molecule has 2 rings (SSSR count). The smallest absolute Gasteiger partial charge is 0.411 e. The van der Waals surface area contributed by atoms with Crippen molar-refractivity contribution in [3.8, 4) is 12.0 Å².